The van der Waals surface area contributed by atoms with Crippen molar-refractivity contribution in [3.63, 3.8) is 0 Å². The van der Waals surface area contributed by atoms with E-state index >= 15 is 0 Å². The molecule has 14 heavy (non-hydrogen) atoms. The Bertz CT molecular complexity index is 443. The molecule has 74 valence electrons. The van der Waals surface area contributed by atoms with Crippen LogP contribution in [0.5, 0.6) is 0 Å². The van der Waals surface area contributed by atoms with Crippen LogP contribution in [0, 0.1) is 0 Å². The van der Waals surface area contributed by atoms with Crippen molar-refractivity contribution in [1.29, 1.82) is 0 Å². The van der Waals surface area contributed by atoms with E-state index in [1.165, 1.54) is 0 Å². The first kappa shape index (κ1) is 9.28. The van der Waals surface area contributed by atoms with Crippen molar-refractivity contribution in [2.75, 3.05) is 0 Å². The van der Waals surface area contributed by atoms with Gasteiger partial charge in [-0.25, -0.2) is 0 Å². The monoisotopic (exact) mass is 189 g/mol. The van der Waals surface area contributed by atoms with Crippen LogP contribution in [0.2, 0.25) is 0 Å². The van der Waals surface area contributed by atoms with Crippen molar-refractivity contribution in [3.05, 3.63) is 35.6 Å². The van der Waals surface area contributed by atoms with Crippen LogP contribution < -0.4 is 5.73 Å². The topological polar surface area (TPSA) is 39.2 Å². The second-order valence-corrected chi connectivity index (χ2v) is 3.80. The minimum absolute atomic E-state index is 0.390. The summed E-state index contributed by atoms with van der Waals surface area (Å²) in [7, 11) is 0. The number of benzene rings is 1. The Balaban J connectivity index is 2.72. The summed E-state index contributed by atoms with van der Waals surface area (Å²) in [5.74, 6) is 1.41. The molecule has 2 N–H and O–H groups in total. The molecule has 2 rings (SSSR count). The first-order chi connectivity index (χ1) is 6.74. The van der Waals surface area contributed by atoms with E-state index in [0.717, 1.165) is 22.3 Å². The summed E-state index contributed by atoms with van der Waals surface area (Å²) in [6.07, 6.45) is 0. The largest absolute Gasteiger partial charge is 0.460 e. The lowest BCUT2D eigenvalue weighted by Gasteiger charge is -2.02. The first-order valence-electron chi connectivity index (χ1n) is 4.94. The molecule has 0 radical (unpaired) electrons. The Labute approximate surface area is 83.7 Å². The maximum absolute atomic E-state index is 5.77. The molecule has 1 aromatic carbocycles. The maximum Gasteiger partial charge on any atom is 0.134 e. The smallest absolute Gasteiger partial charge is 0.134 e. The molecule has 2 aromatic rings. The summed E-state index contributed by atoms with van der Waals surface area (Å²) in [5, 5.41) is 1.15. The molecule has 0 saturated heterocycles. The minimum Gasteiger partial charge on any atom is -0.460 e. The summed E-state index contributed by atoms with van der Waals surface area (Å²) in [5.41, 5.74) is 7.83. The molecule has 0 saturated carbocycles. The highest BCUT2D eigenvalue weighted by Gasteiger charge is 2.14. The number of fused-ring (bicyclic) bond motifs is 1. The normalized spacial score (nSPS) is 11.4. The number of furan rings is 1. The highest BCUT2D eigenvalue weighted by molar-refractivity contribution is 5.82. The lowest BCUT2D eigenvalue weighted by molar-refractivity contribution is 0.515. The molecule has 1 aromatic heterocycles. The molecule has 0 unspecified atom stereocenters. The number of nitrogens with two attached hydrogens (primary N) is 1. The Morgan fingerprint density at radius 2 is 2.00 bits per heavy atom. The van der Waals surface area contributed by atoms with Crippen molar-refractivity contribution >= 4 is 11.0 Å². The average molecular weight is 189 g/mol. The van der Waals surface area contributed by atoms with Gasteiger partial charge in [0.1, 0.15) is 11.3 Å². The lowest BCUT2D eigenvalue weighted by Crippen LogP contribution is -1.99. The molecule has 0 spiro atoms. The van der Waals surface area contributed by atoms with Crippen LogP contribution in [0.15, 0.2) is 28.7 Å². The third-order valence-electron chi connectivity index (χ3n) is 2.46. The fourth-order valence-corrected chi connectivity index (χ4v) is 1.79. The fourth-order valence-electron chi connectivity index (χ4n) is 1.79. The molecule has 2 nitrogen and oxygen atoms in total. The van der Waals surface area contributed by atoms with E-state index in [1.807, 2.05) is 18.2 Å². The van der Waals surface area contributed by atoms with Crippen LogP contribution >= 0.6 is 0 Å². The molecular formula is C12H15NO. The molecule has 0 aliphatic carbocycles. The zero-order valence-electron chi connectivity index (χ0n) is 8.58. The van der Waals surface area contributed by atoms with Gasteiger partial charge in [-0.3, -0.25) is 0 Å². The molecule has 0 bridgehead atoms. The van der Waals surface area contributed by atoms with Crippen molar-refractivity contribution in [2.45, 2.75) is 26.3 Å². The summed E-state index contributed by atoms with van der Waals surface area (Å²) < 4.78 is 5.77. The predicted octanol–water partition coefficient (Wildman–Crippen LogP) is 3.01. The van der Waals surface area contributed by atoms with Gasteiger partial charge in [-0.2, -0.15) is 0 Å². The number of para-hydroxylation sites is 1. The zero-order chi connectivity index (χ0) is 10.1. The molecule has 0 amide bonds. The molecule has 0 fully saturated rings. The van der Waals surface area contributed by atoms with Gasteiger partial charge in [0.25, 0.3) is 0 Å². The molecule has 0 aliphatic rings. The summed E-state index contributed by atoms with van der Waals surface area (Å²) >= 11 is 0. The Morgan fingerprint density at radius 1 is 1.29 bits per heavy atom. The van der Waals surface area contributed by atoms with Gasteiger partial charge in [-0.1, -0.05) is 32.0 Å². The quantitative estimate of drug-likeness (QED) is 0.788. The van der Waals surface area contributed by atoms with Crippen LogP contribution in [0.4, 0.5) is 0 Å². The average Bonchev–Trinajstić information content (AvgIpc) is 2.56. The second kappa shape index (κ2) is 3.46. The molecule has 0 atom stereocenters. The maximum atomic E-state index is 5.77. The molecular weight excluding hydrogens is 174 g/mol. The van der Waals surface area contributed by atoms with Crippen LogP contribution in [0.1, 0.15) is 31.1 Å². The van der Waals surface area contributed by atoms with Crippen molar-refractivity contribution in [2.24, 2.45) is 5.73 Å². The van der Waals surface area contributed by atoms with E-state index in [2.05, 4.69) is 19.9 Å². The van der Waals surface area contributed by atoms with Crippen molar-refractivity contribution < 1.29 is 4.42 Å². The van der Waals surface area contributed by atoms with Gasteiger partial charge >= 0.3 is 0 Å². The predicted molar refractivity (Wildman–Crippen MR) is 58.2 cm³/mol. The van der Waals surface area contributed by atoms with E-state index in [0.29, 0.717) is 12.5 Å². The summed E-state index contributed by atoms with van der Waals surface area (Å²) in [6, 6.07) is 8.05. The number of hydrogen-bond donors (Lipinski definition) is 1. The SMILES string of the molecule is CC(C)c1oc2ccccc2c1CN. The van der Waals surface area contributed by atoms with Gasteiger partial charge < -0.3 is 10.2 Å². The van der Waals surface area contributed by atoms with Gasteiger partial charge in [0, 0.05) is 23.4 Å². The van der Waals surface area contributed by atoms with Gasteiger partial charge in [0.05, 0.1) is 0 Å². The third-order valence-corrected chi connectivity index (χ3v) is 2.46. The van der Waals surface area contributed by atoms with Crippen molar-refractivity contribution in [1.82, 2.24) is 0 Å². The highest BCUT2D eigenvalue weighted by atomic mass is 16.3. The van der Waals surface area contributed by atoms with E-state index in [4.69, 9.17) is 10.2 Å². The van der Waals surface area contributed by atoms with E-state index in [1.54, 1.807) is 0 Å². The first-order valence-corrected chi connectivity index (χ1v) is 4.94. The standard InChI is InChI=1S/C12H15NO/c1-8(2)12-10(7-13)9-5-3-4-6-11(9)14-12/h3-6,8H,7,13H2,1-2H3. The summed E-state index contributed by atoms with van der Waals surface area (Å²) in [4.78, 5) is 0. The van der Waals surface area contributed by atoms with Crippen LogP contribution in [0.25, 0.3) is 11.0 Å². The number of rotatable bonds is 2. The van der Waals surface area contributed by atoms with Gasteiger partial charge in [-0.15, -0.1) is 0 Å². The molecule has 0 aliphatic heterocycles. The Morgan fingerprint density at radius 3 is 2.64 bits per heavy atom. The Kier molecular flexibility index (Phi) is 2.30. The molecule has 2 heteroatoms. The Hall–Kier alpha value is -1.28. The lowest BCUT2D eigenvalue weighted by atomic mass is 10.0. The van der Waals surface area contributed by atoms with E-state index in [-0.39, 0.29) is 0 Å². The second-order valence-electron chi connectivity index (χ2n) is 3.80. The zero-order valence-corrected chi connectivity index (χ0v) is 8.58. The van der Waals surface area contributed by atoms with E-state index < -0.39 is 0 Å². The van der Waals surface area contributed by atoms with Crippen LogP contribution in [0.3, 0.4) is 0 Å². The van der Waals surface area contributed by atoms with E-state index in [9.17, 15) is 0 Å². The fraction of sp³-hybridized carbons (Fsp3) is 0.333. The highest BCUT2D eigenvalue weighted by Crippen LogP contribution is 2.30. The summed E-state index contributed by atoms with van der Waals surface area (Å²) in [6.45, 7) is 4.79. The van der Waals surface area contributed by atoms with Crippen LogP contribution in [-0.4, -0.2) is 0 Å². The van der Waals surface area contributed by atoms with Gasteiger partial charge in [-0.05, 0) is 6.07 Å². The van der Waals surface area contributed by atoms with Crippen LogP contribution in [-0.2, 0) is 6.54 Å². The third kappa shape index (κ3) is 1.32. The number of hydrogen-bond acceptors (Lipinski definition) is 2. The van der Waals surface area contributed by atoms with Crippen molar-refractivity contribution in [3.8, 4) is 0 Å². The molecule has 1 heterocycles. The minimum atomic E-state index is 0.390. The van der Waals surface area contributed by atoms with Gasteiger partial charge in [0.15, 0.2) is 0 Å². The van der Waals surface area contributed by atoms with Gasteiger partial charge in [0.2, 0.25) is 0 Å².